The van der Waals surface area contributed by atoms with E-state index in [9.17, 15) is 9.59 Å². The zero-order valence-electron chi connectivity index (χ0n) is 23.7. The van der Waals surface area contributed by atoms with Crippen LogP contribution in [-0.2, 0) is 14.3 Å². The molecule has 39 heavy (non-hydrogen) atoms. The van der Waals surface area contributed by atoms with Gasteiger partial charge in [-0.1, -0.05) is 19.1 Å². The Morgan fingerprint density at radius 1 is 0.949 bits per heavy atom. The molecule has 2 aliphatic rings. The number of Topliss-reactive ketones (excluding diaryl/α,β-unsaturated/α-hetero) is 1. The van der Waals surface area contributed by atoms with E-state index in [1.54, 1.807) is 34.5 Å². The second-order valence-electron chi connectivity index (χ2n) is 9.98. The third-order valence-electron chi connectivity index (χ3n) is 7.69. The second kappa shape index (κ2) is 11.9. The molecule has 0 amide bonds. The summed E-state index contributed by atoms with van der Waals surface area (Å²) in [6.07, 6.45) is 1.27. The van der Waals surface area contributed by atoms with Gasteiger partial charge in [0.25, 0.3) is 0 Å². The molecule has 2 aromatic carbocycles. The van der Waals surface area contributed by atoms with Gasteiger partial charge in [-0.3, -0.25) is 14.6 Å². The number of ketones is 1. The fourth-order valence-electron chi connectivity index (χ4n) is 5.47. The van der Waals surface area contributed by atoms with Gasteiger partial charge in [0.05, 0.1) is 34.5 Å². The summed E-state index contributed by atoms with van der Waals surface area (Å²) in [4.78, 5) is 32.4. The zero-order valence-corrected chi connectivity index (χ0v) is 23.7. The molecule has 2 aromatic rings. The number of allylic oxidation sites excluding steroid dienone is 2. The minimum Gasteiger partial charge on any atom is -0.497 e. The number of aliphatic imine (C=N–C) groups is 1. The minimum absolute atomic E-state index is 0.0449. The van der Waals surface area contributed by atoms with E-state index in [0.717, 1.165) is 11.1 Å². The lowest BCUT2D eigenvalue weighted by molar-refractivity contribution is -0.151. The molecule has 4 atom stereocenters. The third-order valence-corrected chi connectivity index (χ3v) is 7.69. The number of ether oxygens (including phenoxy) is 5. The molecule has 0 bridgehead atoms. The highest BCUT2D eigenvalue weighted by atomic mass is 16.5. The highest BCUT2D eigenvalue weighted by Crippen LogP contribution is 2.49. The van der Waals surface area contributed by atoms with E-state index >= 15 is 0 Å². The molecule has 1 heterocycles. The average molecular weight is 536 g/mol. The van der Waals surface area contributed by atoms with Crippen LogP contribution in [0.2, 0.25) is 0 Å². The number of benzene rings is 2. The smallest absolute Gasteiger partial charge is 0.315 e. The van der Waals surface area contributed by atoms with Crippen LogP contribution in [-0.4, -0.2) is 52.0 Å². The maximum Gasteiger partial charge on any atom is 0.315 e. The van der Waals surface area contributed by atoms with Crippen molar-refractivity contribution in [2.75, 3.05) is 28.4 Å². The van der Waals surface area contributed by atoms with Crippen molar-refractivity contribution >= 4 is 17.5 Å². The van der Waals surface area contributed by atoms with Gasteiger partial charge in [-0.25, -0.2) is 0 Å². The zero-order chi connectivity index (χ0) is 28.3. The fourth-order valence-corrected chi connectivity index (χ4v) is 5.47. The number of carbonyl (C=O) groups excluding carboxylic acids is 2. The van der Waals surface area contributed by atoms with Crippen LogP contribution < -0.4 is 18.9 Å². The summed E-state index contributed by atoms with van der Waals surface area (Å²) >= 11 is 0. The molecular weight excluding hydrogens is 498 g/mol. The van der Waals surface area contributed by atoms with E-state index < -0.39 is 17.8 Å². The Morgan fingerprint density at radius 3 is 2.31 bits per heavy atom. The van der Waals surface area contributed by atoms with Crippen LogP contribution in [0.15, 0.2) is 52.7 Å². The quantitative estimate of drug-likeness (QED) is 0.384. The first-order valence-corrected chi connectivity index (χ1v) is 13.2. The largest absolute Gasteiger partial charge is 0.497 e. The second-order valence-corrected chi connectivity index (χ2v) is 9.98. The predicted molar refractivity (Wildman–Crippen MR) is 148 cm³/mol. The van der Waals surface area contributed by atoms with E-state index in [1.807, 2.05) is 51.1 Å². The van der Waals surface area contributed by atoms with Gasteiger partial charge < -0.3 is 23.7 Å². The molecule has 0 saturated heterocycles. The van der Waals surface area contributed by atoms with Gasteiger partial charge in [0.2, 0.25) is 0 Å². The highest BCUT2D eigenvalue weighted by molar-refractivity contribution is 6.09. The van der Waals surface area contributed by atoms with E-state index in [0.29, 0.717) is 52.8 Å². The normalized spacial score (nSPS) is 21.5. The molecule has 8 heteroatoms. The molecular formula is C31H37NO7. The molecule has 1 aliphatic carbocycles. The molecule has 0 fully saturated rings. The SMILES string of the molecule is CC[C@@H](C)OC(=O)C1C(C)=NC2=C(C(=O)C[C@H](c3ccc(OC)c(OC)c3)C2)[C@H]1c1ccc(OC)cc1OC. The number of nitrogens with zero attached hydrogens (tertiary/aromatic N) is 1. The summed E-state index contributed by atoms with van der Waals surface area (Å²) in [5, 5.41) is 0. The van der Waals surface area contributed by atoms with Crippen LogP contribution in [0.5, 0.6) is 23.0 Å². The number of rotatable bonds is 9. The van der Waals surface area contributed by atoms with Crippen molar-refractivity contribution in [2.45, 2.75) is 58.0 Å². The van der Waals surface area contributed by atoms with Gasteiger partial charge >= 0.3 is 5.97 Å². The van der Waals surface area contributed by atoms with Crippen molar-refractivity contribution < 1.29 is 33.3 Å². The predicted octanol–water partition coefficient (Wildman–Crippen LogP) is 5.64. The van der Waals surface area contributed by atoms with E-state index in [2.05, 4.69) is 0 Å². The minimum atomic E-state index is -0.748. The summed E-state index contributed by atoms with van der Waals surface area (Å²) in [5.41, 5.74) is 3.55. The maximum atomic E-state index is 13.9. The number of methoxy groups -OCH3 is 4. The number of esters is 1. The summed E-state index contributed by atoms with van der Waals surface area (Å²) in [7, 11) is 6.33. The Balaban J connectivity index is 1.82. The molecule has 4 rings (SSSR count). The van der Waals surface area contributed by atoms with Crippen LogP contribution >= 0.6 is 0 Å². The van der Waals surface area contributed by atoms with Crippen LogP contribution in [0.1, 0.15) is 63.0 Å². The lowest BCUT2D eigenvalue weighted by Gasteiger charge is -2.37. The van der Waals surface area contributed by atoms with Crippen molar-refractivity contribution in [1.82, 2.24) is 0 Å². The average Bonchev–Trinajstić information content (AvgIpc) is 2.95. The Morgan fingerprint density at radius 2 is 1.67 bits per heavy atom. The van der Waals surface area contributed by atoms with Crippen LogP contribution in [0.3, 0.4) is 0 Å². The van der Waals surface area contributed by atoms with Gasteiger partial charge in [0.15, 0.2) is 17.3 Å². The van der Waals surface area contributed by atoms with Gasteiger partial charge in [-0.2, -0.15) is 0 Å². The first-order valence-electron chi connectivity index (χ1n) is 13.2. The standard InChI is InChI=1S/C31H37NO7/c1-8-17(2)39-31(34)28-18(3)32-23-13-20(19-9-12-25(36-5)27(15-19)38-7)14-24(33)30(23)29(28)22-11-10-21(35-4)16-26(22)37-6/h9-12,15-17,20,28-29H,8,13-14H2,1-7H3/t17-,20-,28?,29+/m1/s1. The fraction of sp³-hybridized carbons (Fsp3) is 0.452. The Bertz CT molecular complexity index is 1310. The van der Waals surface area contributed by atoms with Gasteiger partial charge in [-0.15, -0.1) is 0 Å². The van der Waals surface area contributed by atoms with Crippen LogP contribution in [0.4, 0.5) is 0 Å². The molecule has 208 valence electrons. The van der Waals surface area contributed by atoms with Gasteiger partial charge in [0.1, 0.15) is 17.4 Å². The number of hydrogen-bond acceptors (Lipinski definition) is 8. The first kappa shape index (κ1) is 28.2. The Kier molecular flexibility index (Phi) is 8.63. The Hall–Kier alpha value is -3.81. The topological polar surface area (TPSA) is 92.7 Å². The van der Waals surface area contributed by atoms with Crippen molar-refractivity contribution in [3.05, 3.63) is 58.8 Å². The van der Waals surface area contributed by atoms with Gasteiger partial charge in [-0.05, 0) is 56.4 Å². The van der Waals surface area contributed by atoms with Crippen LogP contribution in [0, 0.1) is 5.92 Å². The van der Waals surface area contributed by atoms with E-state index in [4.69, 9.17) is 28.7 Å². The van der Waals surface area contributed by atoms with E-state index in [1.165, 1.54) is 0 Å². The van der Waals surface area contributed by atoms with Crippen molar-refractivity contribution in [3.63, 3.8) is 0 Å². The summed E-state index contributed by atoms with van der Waals surface area (Å²) in [5.74, 6) is 0.532. The lowest BCUT2D eigenvalue weighted by atomic mass is 9.69. The van der Waals surface area contributed by atoms with Crippen molar-refractivity contribution in [2.24, 2.45) is 10.9 Å². The molecule has 0 radical (unpaired) electrons. The summed E-state index contributed by atoms with van der Waals surface area (Å²) in [6.45, 7) is 5.66. The molecule has 1 unspecified atom stereocenters. The van der Waals surface area contributed by atoms with Crippen molar-refractivity contribution in [3.8, 4) is 23.0 Å². The van der Waals surface area contributed by atoms with E-state index in [-0.39, 0.29) is 24.2 Å². The maximum absolute atomic E-state index is 13.9. The van der Waals surface area contributed by atoms with Gasteiger partial charge in [0, 0.05) is 41.0 Å². The summed E-state index contributed by atoms with van der Waals surface area (Å²) < 4.78 is 27.8. The molecule has 8 nitrogen and oxygen atoms in total. The van der Waals surface area contributed by atoms with Crippen molar-refractivity contribution in [1.29, 1.82) is 0 Å². The summed E-state index contributed by atoms with van der Waals surface area (Å²) in [6, 6.07) is 11.2. The number of hydrogen-bond donors (Lipinski definition) is 0. The highest BCUT2D eigenvalue weighted by Gasteiger charge is 2.46. The molecule has 0 aromatic heterocycles. The Labute approximate surface area is 230 Å². The molecule has 0 N–H and O–H groups in total. The van der Waals surface area contributed by atoms with Crippen LogP contribution in [0.25, 0.3) is 0 Å². The first-order chi connectivity index (χ1) is 18.8. The lowest BCUT2D eigenvalue weighted by Crippen LogP contribution is -2.39. The number of carbonyl (C=O) groups is 2. The molecule has 0 saturated carbocycles. The monoisotopic (exact) mass is 535 g/mol. The molecule has 1 aliphatic heterocycles. The third kappa shape index (κ3) is 5.51. The molecule has 0 spiro atoms.